The largest absolute Gasteiger partial charge is 0.314 e. The zero-order valence-electron chi connectivity index (χ0n) is 24.5. The Morgan fingerprint density at radius 3 is 1.73 bits per heavy atom. The molecule has 0 amide bonds. The van der Waals surface area contributed by atoms with E-state index in [9.17, 15) is 0 Å². The Balaban J connectivity index is 1.29. The highest BCUT2D eigenvalue weighted by Gasteiger charge is 2.20. The number of aromatic nitrogens is 1. The third-order valence-electron chi connectivity index (χ3n) is 8.72. The van der Waals surface area contributed by atoms with Crippen LogP contribution in [0, 0.1) is 0 Å². The van der Waals surface area contributed by atoms with Crippen LogP contribution in [0.4, 0.5) is 11.4 Å². The Morgan fingerprint density at radius 2 is 1.02 bits per heavy atom. The van der Waals surface area contributed by atoms with Crippen LogP contribution in [0.2, 0.25) is 0 Å². The predicted octanol–water partition coefficient (Wildman–Crippen LogP) is 11.4. The molecule has 1 aromatic heterocycles. The molecule has 6 aromatic carbocycles. The van der Waals surface area contributed by atoms with Gasteiger partial charge in [0.2, 0.25) is 0 Å². The fourth-order valence-electron chi connectivity index (χ4n) is 6.57. The summed E-state index contributed by atoms with van der Waals surface area (Å²) >= 11 is 0. The summed E-state index contributed by atoms with van der Waals surface area (Å²) in [5, 5.41) is 2.53. The van der Waals surface area contributed by atoms with E-state index < -0.39 is 0 Å². The molecular weight excluding hydrogens is 532 g/mol. The number of para-hydroxylation sites is 2. The van der Waals surface area contributed by atoms with E-state index in [0.717, 1.165) is 24.2 Å². The fraction of sp³-hybridized carbons (Fsp3) is 0.0476. The maximum Gasteiger partial charge on any atom is 0.0561 e. The van der Waals surface area contributed by atoms with E-state index in [0.29, 0.717) is 0 Å². The summed E-state index contributed by atoms with van der Waals surface area (Å²) in [7, 11) is 0. The molecule has 44 heavy (non-hydrogen) atoms. The predicted molar refractivity (Wildman–Crippen MR) is 187 cm³/mol. The van der Waals surface area contributed by atoms with Gasteiger partial charge in [0.25, 0.3) is 0 Å². The Kier molecular flexibility index (Phi) is 6.66. The van der Waals surface area contributed by atoms with Crippen LogP contribution in [0.25, 0.3) is 44.2 Å². The molecule has 8 rings (SSSR count). The van der Waals surface area contributed by atoms with Gasteiger partial charge in [0.1, 0.15) is 0 Å². The quantitative estimate of drug-likeness (QED) is 0.195. The molecule has 2 heteroatoms. The van der Waals surface area contributed by atoms with E-state index in [-0.39, 0.29) is 0 Å². The Hall–Kier alpha value is -5.60. The lowest BCUT2D eigenvalue weighted by molar-refractivity contribution is 0.930. The highest BCUT2D eigenvalue weighted by molar-refractivity contribution is 6.10. The molecule has 0 spiro atoms. The third kappa shape index (κ3) is 4.71. The van der Waals surface area contributed by atoms with Gasteiger partial charge in [-0.15, -0.1) is 0 Å². The smallest absolute Gasteiger partial charge is 0.0561 e. The molecule has 0 aliphatic heterocycles. The van der Waals surface area contributed by atoms with Crippen molar-refractivity contribution in [2.45, 2.75) is 12.8 Å². The molecule has 0 radical (unpaired) electrons. The highest BCUT2D eigenvalue weighted by Crippen LogP contribution is 2.40. The van der Waals surface area contributed by atoms with Crippen LogP contribution >= 0.6 is 0 Å². The summed E-state index contributed by atoms with van der Waals surface area (Å²) in [6.45, 7) is 0. The fourth-order valence-corrected chi connectivity index (χ4v) is 6.57. The second kappa shape index (κ2) is 11.2. The first kappa shape index (κ1) is 26.1. The topological polar surface area (TPSA) is 8.17 Å². The monoisotopic (exact) mass is 564 g/mol. The molecule has 0 fully saturated rings. The summed E-state index contributed by atoms with van der Waals surface area (Å²) in [6, 6.07) is 56.7. The SMILES string of the molecule is C1=C(c2ccccc2)CCC(N(c2ccc(-c3ccccc3)cc2)c2ccc3c4ccccc4n(-c4ccccc4)c3c2)=C1. The van der Waals surface area contributed by atoms with Crippen molar-refractivity contribution in [1.82, 2.24) is 4.57 Å². The van der Waals surface area contributed by atoms with Crippen LogP contribution in [0.1, 0.15) is 18.4 Å². The van der Waals surface area contributed by atoms with Gasteiger partial charge in [0.15, 0.2) is 0 Å². The lowest BCUT2D eigenvalue weighted by Gasteiger charge is -2.30. The van der Waals surface area contributed by atoms with Gasteiger partial charge in [-0.2, -0.15) is 0 Å². The molecule has 0 N–H and O–H groups in total. The van der Waals surface area contributed by atoms with Crippen molar-refractivity contribution in [1.29, 1.82) is 0 Å². The van der Waals surface area contributed by atoms with Crippen LogP contribution in [0.3, 0.4) is 0 Å². The van der Waals surface area contributed by atoms with Gasteiger partial charge in [0.05, 0.1) is 11.0 Å². The summed E-state index contributed by atoms with van der Waals surface area (Å²) in [5.74, 6) is 0. The molecule has 2 nitrogen and oxygen atoms in total. The number of rotatable bonds is 6. The van der Waals surface area contributed by atoms with Gasteiger partial charge in [-0.1, -0.05) is 121 Å². The number of anilines is 2. The first-order valence-corrected chi connectivity index (χ1v) is 15.3. The average molecular weight is 565 g/mol. The van der Waals surface area contributed by atoms with Crippen molar-refractivity contribution in [3.63, 3.8) is 0 Å². The molecule has 0 saturated carbocycles. The van der Waals surface area contributed by atoms with Gasteiger partial charge in [-0.3, -0.25) is 0 Å². The number of hydrogen-bond donors (Lipinski definition) is 0. The van der Waals surface area contributed by atoms with E-state index in [1.807, 2.05) is 0 Å². The summed E-state index contributed by atoms with van der Waals surface area (Å²) < 4.78 is 2.40. The molecule has 1 aliphatic carbocycles. The molecule has 210 valence electrons. The Labute approximate surface area is 258 Å². The molecule has 0 saturated heterocycles. The molecule has 0 unspecified atom stereocenters. The number of hydrogen-bond acceptors (Lipinski definition) is 1. The summed E-state index contributed by atoms with van der Waals surface area (Å²) in [6.07, 6.45) is 6.58. The zero-order valence-corrected chi connectivity index (χ0v) is 24.5. The van der Waals surface area contributed by atoms with Gasteiger partial charge in [-0.05, 0) is 83.6 Å². The maximum atomic E-state index is 2.44. The second-order valence-electron chi connectivity index (χ2n) is 11.4. The maximum absolute atomic E-state index is 2.44. The minimum absolute atomic E-state index is 0.959. The standard InChI is InChI=1S/C42H32N2/c1-4-12-31(13-5-1)33-20-24-36(25-21-33)43(37-26-22-34(23-27-37)32-14-6-2-7-15-32)38-28-29-40-39-18-10-11-19-41(39)44(42(40)30-38)35-16-8-3-9-17-35/h1-22,24-26,28-30H,23,27H2. The van der Waals surface area contributed by atoms with Gasteiger partial charge < -0.3 is 9.47 Å². The van der Waals surface area contributed by atoms with Crippen molar-refractivity contribution in [3.8, 4) is 16.8 Å². The van der Waals surface area contributed by atoms with Crippen LogP contribution in [0.15, 0.2) is 176 Å². The first-order chi connectivity index (χ1) is 21.8. The van der Waals surface area contributed by atoms with Crippen molar-refractivity contribution >= 4 is 38.8 Å². The first-order valence-electron chi connectivity index (χ1n) is 15.3. The minimum atomic E-state index is 0.959. The van der Waals surface area contributed by atoms with Crippen LogP contribution < -0.4 is 4.90 Å². The van der Waals surface area contributed by atoms with E-state index in [2.05, 4.69) is 179 Å². The number of fused-ring (bicyclic) bond motifs is 3. The van der Waals surface area contributed by atoms with Gasteiger partial charge >= 0.3 is 0 Å². The minimum Gasteiger partial charge on any atom is -0.314 e. The third-order valence-corrected chi connectivity index (χ3v) is 8.72. The van der Waals surface area contributed by atoms with E-state index in [1.54, 1.807) is 0 Å². The van der Waals surface area contributed by atoms with Crippen molar-refractivity contribution in [2.75, 3.05) is 4.90 Å². The zero-order chi connectivity index (χ0) is 29.3. The molecule has 0 bridgehead atoms. The van der Waals surface area contributed by atoms with Crippen molar-refractivity contribution in [3.05, 3.63) is 181 Å². The Morgan fingerprint density at radius 1 is 0.432 bits per heavy atom. The number of nitrogens with zero attached hydrogens (tertiary/aromatic N) is 2. The van der Waals surface area contributed by atoms with E-state index in [1.165, 1.54) is 55.5 Å². The van der Waals surface area contributed by atoms with E-state index >= 15 is 0 Å². The van der Waals surface area contributed by atoms with Crippen LogP contribution in [-0.4, -0.2) is 4.57 Å². The van der Waals surface area contributed by atoms with E-state index in [4.69, 9.17) is 0 Å². The normalized spacial score (nSPS) is 13.1. The molecule has 0 atom stereocenters. The van der Waals surface area contributed by atoms with Gasteiger partial charge in [-0.25, -0.2) is 0 Å². The van der Waals surface area contributed by atoms with Crippen molar-refractivity contribution in [2.24, 2.45) is 0 Å². The summed E-state index contributed by atoms with van der Waals surface area (Å²) in [5.41, 5.74) is 12.3. The molecular formula is C42H32N2. The van der Waals surface area contributed by atoms with Gasteiger partial charge in [0, 0.05) is 33.5 Å². The van der Waals surface area contributed by atoms with Crippen molar-refractivity contribution < 1.29 is 0 Å². The number of benzene rings is 6. The van der Waals surface area contributed by atoms with Crippen LogP contribution in [0.5, 0.6) is 0 Å². The number of allylic oxidation sites excluding steroid dienone is 4. The molecule has 1 aliphatic rings. The Bertz CT molecular complexity index is 2140. The average Bonchev–Trinajstić information content (AvgIpc) is 3.44. The van der Waals surface area contributed by atoms with Crippen LogP contribution in [-0.2, 0) is 0 Å². The lowest BCUT2D eigenvalue weighted by atomic mass is 9.95. The second-order valence-corrected chi connectivity index (χ2v) is 11.4. The summed E-state index contributed by atoms with van der Waals surface area (Å²) in [4.78, 5) is 2.44. The molecule has 1 heterocycles. The molecule has 7 aromatic rings. The highest BCUT2D eigenvalue weighted by atomic mass is 15.2. The lowest BCUT2D eigenvalue weighted by Crippen LogP contribution is -2.18.